The summed E-state index contributed by atoms with van der Waals surface area (Å²) in [6.07, 6.45) is 7.13. The molecule has 0 saturated heterocycles. The molecule has 0 saturated carbocycles. The summed E-state index contributed by atoms with van der Waals surface area (Å²) in [5.74, 6) is 0. The van der Waals surface area contributed by atoms with E-state index in [4.69, 9.17) is 0 Å². The lowest BCUT2D eigenvalue weighted by molar-refractivity contribution is 1.37. The Morgan fingerprint density at radius 2 is 2.00 bits per heavy atom. The zero-order valence-electron chi connectivity index (χ0n) is 6.72. The van der Waals surface area contributed by atoms with Gasteiger partial charge in [-0.25, -0.2) is 0 Å². The van der Waals surface area contributed by atoms with Crippen molar-refractivity contribution in [1.29, 1.82) is 0 Å². The first kappa shape index (κ1) is 9.65. The number of rotatable bonds is 3. The van der Waals surface area contributed by atoms with Crippen LogP contribution in [0.3, 0.4) is 0 Å². The van der Waals surface area contributed by atoms with Crippen LogP contribution in [-0.4, -0.2) is 6.16 Å². The van der Waals surface area contributed by atoms with E-state index in [0.717, 1.165) is 6.16 Å². The Balaban J connectivity index is 4.17. The largest absolute Gasteiger partial charge is 0.134 e. The molecule has 0 rings (SSSR count). The number of hydrogen-bond donors (Lipinski definition) is 0. The van der Waals surface area contributed by atoms with E-state index in [1.165, 1.54) is 11.1 Å². The van der Waals surface area contributed by atoms with E-state index < -0.39 is 0 Å². The molecule has 0 nitrogen and oxygen atoms in total. The third kappa shape index (κ3) is 3.63. The molecule has 0 aromatic rings. The zero-order chi connectivity index (χ0) is 7.98. The number of allylic oxidation sites excluding steroid dienone is 5. The molecule has 0 heterocycles. The van der Waals surface area contributed by atoms with Gasteiger partial charge in [0.15, 0.2) is 0 Å². The second-order valence-corrected chi connectivity index (χ2v) is 2.68. The second kappa shape index (κ2) is 5.44. The average molecular weight is 154 g/mol. The summed E-state index contributed by atoms with van der Waals surface area (Å²) < 4.78 is 0. The van der Waals surface area contributed by atoms with E-state index in [9.17, 15) is 0 Å². The Bertz CT molecular complexity index is 164. The molecule has 0 N–H and O–H groups in total. The smallest absolute Gasteiger partial charge is 0.0197 e. The molecule has 0 fully saturated rings. The molecule has 0 aliphatic heterocycles. The van der Waals surface area contributed by atoms with Crippen molar-refractivity contribution >= 4 is 9.24 Å². The molecule has 0 radical (unpaired) electrons. The molecule has 0 aliphatic carbocycles. The van der Waals surface area contributed by atoms with Gasteiger partial charge in [0.2, 0.25) is 0 Å². The fraction of sp³-hybridized carbons (Fsp3) is 0.333. The topological polar surface area (TPSA) is 0 Å². The monoisotopic (exact) mass is 154 g/mol. The molecule has 0 spiro atoms. The van der Waals surface area contributed by atoms with E-state index in [1.807, 2.05) is 6.08 Å². The van der Waals surface area contributed by atoms with Gasteiger partial charge in [0, 0.05) is 0 Å². The summed E-state index contributed by atoms with van der Waals surface area (Å²) >= 11 is 0. The molecule has 1 unspecified atom stereocenters. The lowest BCUT2D eigenvalue weighted by Crippen LogP contribution is -1.74. The van der Waals surface area contributed by atoms with Crippen molar-refractivity contribution in [1.82, 2.24) is 0 Å². The predicted octanol–water partition coefficient (Wildman–Crippen LogP) is 2.94. The molecular formula is C9H15P. The molecule has 0 bridgehead atoms. The normalized spacial score (nSPS) is 13.5. The first-order valence-electron chi connectivity index (χ1n) is 3.39. The van der Waals surface area contributed by atoms with E-state index in [2.05, 4.69) is 41.8 Å². The SMILES string of the molecule is C=C/C(C)=C(C)\C=C/CP. The van der Waals surface area contributed by atoms with E-state index in [1.54, 1.807) is 0 Å². The standard InChI is InChI=1S/C9H15P/c1-4-8(2)9(3)6-5-7-10/h4-6H,1,7,10H2,2-3H3/b6-5-,9-8-. The molecule has 0 aromatic carbocycles. The Hall–Kier alpha value is -0.350. The van der Waals surface area contributed by atoms with E-state index >= 15 is 0 Å². The quantitative estimate of drug-likeness (QED) is 0.433. The minimum Gasteiger partial charge on any atom is -0.134 e. The van der Waals surface area contributed by atoms with Crippen molar-refractivity contribution in [2.24, 2.45) is 0 Å². The van der Waals surface area contributed by atoms with Gasteiger partial charge in [-0.2, -0.15) is 0 Å². The van der Waals surface area contributed by atoms with Gasteiger partial charge < -0.3 is 0 Å². The minimum atomic E-state index is 1.02. The summed E-state index contributed by atoms with van der Waals surface area (Å²) in [5.41, 5.74) is 2.53. The zero-order valence-corrected chi connectivity index (χ0v) is 7.88. The maximum Gasteiger partial charge on any atom is -0.0197 e. The fourth-order valence-corrected chi connectivity index (χ4v) is 0.673. The lowest BCUT2D eigenvalue weighted by Gasteiger charge is -1.94. The third-order valence-electron chi connectivity index (χ3n) is 1.43. The molecule has 10 heavy (non-hydrogen) atoms. The highest BCUT2D eigenvalue weighted by molar-refractivity contribution is 7.16. The molecule has 1 atom stereocenters. The number of hydrogen-bond acceptors (Lipinski definition) is 0. The van der Waals surface area contributed by atoms with Gasteiger partial charge in [0.05, 0.1) is 0 Å². The van der Waals surface area contributed by atoms with Crippen LogP contribution in [-0.2, 0) is 0 Å². The highest BCUT2D eigenvalue weighted by atomic mass is 31.0. The van der Waals surface area contributed by atoms with Crippen molar-refractivity contribution in [3.8, 4) is 0 Å². The summed E-state index contributed by atoms with van der Waals surface area (Å²) in [5, 5.41) is 0. The van der Waals surface area contributed by atoms with Crippen molar-refractivity contribution < 1.29 is 0 Å². The third-order valence-corrected chi connectivity index (χ3v) is 1.70. The molecule has 0 aromatic heterocycles. The summed E-state index contributed by atoms with van der Waals surface area (Å²) in [6, 6.07) is 0. The van der Waals surface area contributed by atoms with Crippen molar-refractivity contribution in [3.05, 3.63) is 36.0 Å². The van der Waals surface area contributed by atoms with Crippen LogP contribution in [0.5, 0.6) is 0 Å². The van der Waals surface area contributed by atoms with Crippen molar-refractivity contribution in [2.45, 2.75) is 13.8 Å². The van der Waals surface area contributed by atoms with E-state index in [0.29, 0.717) is 0 Å². The predicted molar refractivity (Wildman–Crippen MR) is 52.3 cm³/mol. The van der Waals surface area contributed by atoms with Gasteiger partial charge in [0.1, 0.15) is 0 Å². The van der Waals surface area contributed by atoms with Crippen LogP contribution < -0.4 is 0 Å². The van der Waals surface area contributed by atoms with Crippen LogP contribution in [0.1, 0.15) is 13.8 Å². The van der Waals surface area contributed by atoms with Gasteiger partial charge in [-0.15, -0.1) is 9.24 Å². The van der Waals surface area contributed by atoms with Gasteiger partial charge in [-0.3, -0.25) is 0 Å². The van der Waals surface area contributed by atoms with Gasteiger partial charge in [-0.05, 0) is 31.2 Å². The summed E-state index contributed by atoms with van der Waals surface area (Å²) in [7, 11) is 2.66. The molecule has 0 amide bonds. The summed E-state index contributed by atoms with van der Waals surface area (Å²) in [4.78, 5) is 0. The highest BCUT2D eigenvalue weighted by Gasteiger charge is 1.84. The second-order valence-electron chi connectivity index (χ2n) is 2.21. The molecular weight excluding hydrogens is 139 g/mol. The molecule has 56 valence electrons. The fourth-order valence-electron chi connectivity index (χ4n) is 0.537. The Morgan fingerprint density at radius 1 is 1.40 bits per heavy atom. The average Bonchev–Trinajstić information content (AvgIpc) is 1.98. The highest BCUT2D eigenvalue weighted by Crippen LogP contribution is 2.05. The Labute approximate surface area is 65.9 Å². The first-order chi connectivity index (χ1) is 4.72. The van der Waals surface area contributed by atoms with Gasteiger partial charge in [-0.1, -0.05) is 24.8 Å². The summed E-state index contributed by atoms with van der Waals surface area (Å²) in [6.45, 7) is 7.85. The molecule has 1 heteroatoms. The van der Waals surface area contributed by atoms with Gasteiger partial charge >= 0.3 is 0 Å². The maximum absolute atomic E-state index is 3.69. The van der Waals surface area contributed by atoms with Crippen LogP contribution in [0.25, 0.3) is 0 Å². The van der Waals surface area contributed by atoms with E-state index in [-0.39, 0.29) is 0 Å². The molecule has 0 aliphatic rings. The van der Waals surface area contributed by atoms with Crippen LogP contribution >= 0.6 is 9.24 Å². The van der Waals surface area contributed by atoms with Crippen molar-refractivity contribution in [2.75, 3.05) is 6.16 Å². The van der Waals surface area contributed by atoms with Crippen molar-refractivity contribution in [3.63, 3.8) is 0 Å². The van der Waals surface area contributed by atoms with Gasteiger partial charge in [0.25, 0.3) is 0 Å². The minimum absolute atomic E-state index is 1.02. The van der Waals surface area contributed by atoms with Crippen LogP contribution in [0.2, 0.25) is 0 Å². The Kier molecular flexibility index (Phi) is 5.25. The van der Waals surface area contributed by atoms with Crippen LogP contribution in [0, 0.1) is 0 Å². The first-order valence-corrected chi connectivity index (χ1v) is 4.20. The van der Waals surface area contributed by atoms with Crippen LogP contribution in [0.4, 0.5) is 0 Å². The Morgan fingerprint density at radius 3 is 2.40 bits per heavy atom. The lowest BCUT2D eigenvalue weighted by atomic mass is 10.1. The van der Waals surface area contributed by atoms with Crippen LogP contribution in [0.15, 0.2) is 36.0 Å². The maximum atomic E-state index is 3.69.